The molecule has 0 aliphatic carbocycles. The van der Waals surface area contributed by atoms with Crippen molar-refractivity contribution in [3.63, 3.8) is 0 Å². The maximum absolute atomic E-state index is 12.9. The highest BCUT2D eigenvalue weighted by atomic mass is 19.1. The Bertz CT molecular complexity index is 629. The van der Waals surface area contributed by atoms with E-state index in [0.717, 1.165) is 5.75 Å². The highest BCUT2D eigenvalue weighted by Crippen LogP contribution is 2.35. The van der Waals surface area contributed by atoms with Gasteiger partial charge in [-0.15, -0.1) is 0 Å². The number of rotatable bonds is 5. The Balaban J connectivity index is 1.59. The monoisotopic (exact) mass is 301 g/mol. The van der Waals surface area contributed by atoms with Crippen LogP contribution in [-0.2, 0) is 0 Å². The van der Waals surface area contributed by atoms with Crippen molar-refractivity contribution in [3.05, 3.63) is 65.5 Å². The van der Waals surface area contributed by atoms with Crippen molar-refractivity contribution in [2.24, 2.45) is 0 Å². The van der Waals surface area contributed by atoms with Gasteiger partial charge in [0, 0.05) is 24.1 Å². The van der Waals surface area contributed by atoms with Crippen LogP contribution in [0.3, 0.4) is 0 Å². The predicted octanol–water partition coefficient (Wildman–Crippen LogP) is 3.01. The first kappa shape index (κ1) is 15.0. The summed E-state index contributed by atoms with van der Waals surface area (Å²) in [7, 11) is 0. The number of aliphatic hydroxyl groups excluding tert-OH is 1. The van der Waals surface area contributed by atoms with Crippen LogP contribution < -0.4 is 10.1 Å². The van der Waals surface area contributed by atoms with E-state index in [-0.39, 0.29) is 17.8 Å². The van der Waals surface area contributed by atoms with Crippen LogP contribution in [0.2, 0.25) is 0 Å². The summed E-state index contributed by atoms with van der Waals surface area (Å²) in [5.41, 5.74) is 1.92. The summed E-state index contributed by atoms with van der Waals surface area (Å²) in [6, 6.07) is 14.2. The molecule has 2 aromatic carbocycles. The molecule has 0 saturated carbocycles. The van der Waals surface area contributed by atoms with Crippen LogP contribution in [0, 0.1) is 5.82 Å². The number of halogens is 1. The predicted molar refractivity (Wildman–Crippen MR) is 83.5 cm³/mol. The quantitative estimate of drug-likeness (QED) is 0.892. The molecule has 1 heterocycles. The third-order valence-electron chi connectivity index (χ3n) is 4.23. The Morgan fingerprint density at radius 2 is 1.95 bits per heavy atom. The molecule has 1 aliphatic rings. The molecule has 3 nitrogen and oxygen atoms in total. The summed E-state index contributed by atoms with van der Waals surface area (Å²) in [4.78, 5) is 0. The fourth-order valence-electron chi connectivity index (χ4n) is 2.84. The molecule has 0 fully saturated rings. The Kier molecular flexibility index (Phi) is 4.41. The molecule has 3 atom stereocenters. The molecular formula is C18H20FNO2. The minimum atomic E-state index is -0.652. The number of hydrogen-bond donors (Lipinski definition) is 2. The summed E-state index contributed by atoms with van der Waals surface area (Å²) < 4.78 is 18.6. The third kappa shape index (κ3) is 3.13. The standard InChI is InChI=1S/C18H20FNO2/c1-12(16-11-22-18-5-3-2-4-15(16)18)20-10-17(21)13-6-8-14(19)9-7-13/h2-9,12,16-17,20-21H,10-11H2,1H3/t12-,16+,17+/m0/s1. The Hall–Kier alpha value is -1.91. The van der Waals surface area contributed by atoms with Gasteiger partial charge in [0.05, 0.1) is 12.7 Å². The highest BCUT2D eigenvalue weighted by Gasteiger charge is 2.28. The van der Waals surface area contributed by atoms with Crippen LogP contribution in [0.5, 0.6) is 5.75 Å². The minimum Gasteiger partial charge on any atom is -0.493 e. The second-order valence-electron chi connectivity index (χ2n) is 5.72. The van der Waals surface area contributed by atoms with E-state index in [4.69, 9.17) is 4.74 Å². The Morgan fingerprint density at radius 3 is 2.73 bits per heavy atom. The molecule has 0 spiro atoms. The van der Waals surface area contributed by atoms with Crippen LogP contribution in [0.4, 0.5) is 4.39 Å². The molecule has 4 heteroatoms. The lowest BCUT2D eigenvalue weighted by atomic mass is 9.94. The zero-order valence-electron chi connectivity index (χ0n) is 12.5. The first-order chi connectivity index (χ1) is 10.6. The number of hydrogen-bond acceptors (Lipinski definition) is 3. The average molecular weight is 301 g/mol. The molecule has 1 aliphatic heterocycles. The van der Waals surface area contributed by atoms with E-state index >= 15 is 0 Å². The fraction of sp³-hybridized carbons (Fsp3) is 0.333. The third-order valence-corrected chi connectivity index (χ3v) is 4.23. The molecule has 0 unspecified atom stereocenters. The van der Waals surface area contributed by atoms with Gasteiger partial charge < -0.3 is 15.2 Å². The van der Waals surface area contributed by atoms with E-state index in [0.29, 0.717) is 18.7 Å². The molecule has 0 saturated heterocycles. The van der Waals surface area contributed by atoms with Crippen LogP contribution in [0.1, 0.15) is 30.1 Å². The fourth-order valence-corrected chi connectivity index (χ4v) is 2.84. The van der Waals surface area contributed by atoms with Crippen molar-refractivity contribution < 1.29 is 14.2 Å². The van der Waals surface area contributed by atoms with Gasteiger partial charge in [-0.05, 0) is 30.7 Å². The molecule has 116 valence electrons. The summed E-state index contributed by atoms with van der Waals surface area (Å²) >= 11 is 0. The van der Waals surface area contributed by atoms with E-state index in [9.17, 15) is 9.50 Å². The molecule has 22 heavy (non-hydrogen) atoms. The molecular weight excluding hydrogens is 281 g/mol. The van der Waals surface area contributed by atoms with Gasteiger partial charge in [-0.2, -0.15) is 0 Å². The first-order valence-corrected chi connectivity index (χ1v) is 7.54. The first-order valence-electron chi connectivity index (χ1n) is 7.54. The lowest BCUT2D eigenvalue weighted by Crippen LogP contribution is -2.35. The van der Waals surface area contributed by atoms with Gasteiger partial charge in [-0.25, -0.2) is 4.39 Å². The molecule has 0 bridgehead atoms. The molecule has 2 aromatic rings. The van der Waals surface area contributed by atoms with Gasteiger partial charge in [0.1, 0.15) is 11.6 Å². The van der Waals surface area contributed by atoms with E-state index in [1.165, 1.54) is 17.7 Å². The number of nitrogens with one attached hydrogen (secondary N) is 1. The lowest BCUT2D eigenvalue weighted by molar-refractivity contribution is 0.167. The Labute approximate surface area is 129 Å². The van der Waals surface area contributed by atoms with Crippen molar-refractivity contribution in [1.29, 1.82) is 0 Å². The summed E-state index contributed by atoms with van der Waals surface area (Å²) in [5, 5.41) is 13.5. The zero-order valence-corrected chi connectivity index (χ0v) is 12.5. The minimum absolute atomic E-state index is 0.179. The van der Waals surface area contributed by atoms with Crippen molar-refractivity contribution in [2.75, 3.05) is 13.2 Å². The molecule has 2 N–H and O–H groups in total. The van der Waals surface area contributed by atoms with Gasteiger partial charge in [0.25, 0.3) is 0 Å². The Morgan fingerprint density at radius 1 is 1.23 bits per heavy atom. The average Bonchev–Trinajstić information content (AvgIpc) is 2.97. The van der Waals surface area contributed by atoms with Gasteiger partial charge in [0.2, 0.25) is 0 Å². The van der Waals surface area contributed by atoms with Gasteiger partial charge >= 0.3 is 0 Å². The van der Waals surface area contributed by atoms with Crippen molar-refractivity contribution in [1.82, 2.24) is 5.32 Å². The van der Waals surface area contributed by atoms with Crippen molar-refractivity contribution in [3.8, 4) is 5.75 Å². The van der Waals surface area contributed by atoms with Crippen LogP contribution >= 0.6 is 0 Å². The maximum atomic E-state index is 12.9. The molecule has 3 rings (SSSR count). The number of fused-ring (bicyclic) bond motifs is 1. The van der Waals surface area contributed by atoms with E-state index in [1.54, 1.807) is 12.1 Å². The van der Waals surface area contributed by atoms with E-state index < -0.39 is 6.10 Å². The van der Waals surface area contributed by atoms with E-state index in [2.05, 4.69) is 18.3 Å². The number of aliphatic hydroxyl groups is 1. The molecule has 0 amide bonds. The SMILES string of the molecule is C[C@H](NC[C@@H](O)c1ccc(F)cc1)[C@H]1COc2ccccc21. The van der Waals surface area contributed by atoms with Crippen molar-refractivity contribution >= 4 is 0 Å². The molecule has 0 aromatic heterocycles. The van der Waals surface area contributed by atoms with Crippen LogP contribution in [0.15, 0.2) is 48.5 Å². The topological polar surface area (TPSA) is 41.5 Å². The normalized spacial score (nSPS) is 19.3. The van der Waals surface area contributed by atoms with Gasteiger partial charge in [0.15, 0.2) is 0 Å². The lowest BCUT2D eigenvalue weighted by Gasteiger charge is -2.22. The van der Waals surface area contributed by atoms with E-state index in [1.807, 2.05) is 18.2 Å². The summed E-state index contributed by atoms with van der Waals surface area (Å²) in [6.45, 7) is 3.17. The van der Waals surface area contributed by atoms with Gasteiger partial charge in [-0.1, -0.05) is 30.3 Å². The van der Waals surface area contributed by atoms with Crippen LogP contribution in [-0.4, -0.2) is 24.3 Å². The number of para-hydroxylation sites is 1. The summed E-state index contributed by atoms with van der Waals surface area (Å²) in [6.07, 6.45) is -0.652. The second-order valence-corrected chi connectivity index (χ2v) is 5.72. The zero-order chi connectivity index (χ0) is 15.5. The van der Waals surface area contributed by atoms with Gasteiger partial charge in [-0.3, -0.25) is 0 Å². The second kappa shape index (κ2) is 6.46. The summed E-state index contributed by atoms with van der Waals surface area (Å²) in [5.74, 6) is 0.925. The molecule has 0 radical (unpaired) electrons. The van der Waals surface area contributed by atoms with Crippen molar-refractivity contribution in [2.45, 2.75) is 25.0 Å². The number of benzene rings is 2. The number of ether oxygens (including phenoxy) is 1. The smallest absolute Gasteiger partial charge is 0.123 e. The van der Waals surface area contributed by atoms with Crippen LogP contribution in [0.25, 0.3) is 0 Å². The maximum Gasteiger partial charge on any atom is 0.123 e. The largest absolute Gasteiger partial charge is 0.493 e. The highest BCUT2D eigenvalue weighted by molar-refractivity contribution is 5.40.